The Morgan fingerprint density at radius 2 is 1.73 bits per heavy atom. The Bertz CT molecular complexity index is 486. The van der Waals surface area contributed by atoms with Crippen LogP contribution < -0.4 is 5.19 Å². The minimum atomic E-state index is -1.70. The zero-order valence-electron chi connectivity index (χ0n) is 14.3. The Kier molecular flexibility index (Phi) is 6.19. The van der Waals surface area contributed by atoms with E-state index < -0.39 is 8.07 Å². The Morgan fingerprint density at radius 1 is 1.09 bits per heavy atom. The van der Waals surface area contributed by atoms with Crippen molar-refractivity contribution in [3.05, 3.63) is 42.5 Å². The lowest BCUT2D eigenvalue weighted by Crippen LogP contribution is -2.47. The summed E-state index contributed by atoms with van der Waals surface area (Å²) < 4.78 is 0. The van der Waals surface area contributed by atoms with E-state index in [-0.39, 0.29) is 5.92 Å². The Morgan fingerprint density at radius 3 is 2.32 bits per heavy atom. The summed E-state index contributed by atoms with van der Waals surface area (Å²) in [5, 5.41) is 1.45. The molecule has 1 fully saturated rings. The zero-order valence-corrected chi connectivity index (χ0v) is 15.3. The molecule has 0 aliphatic heterocycles. The molecule has 2 rings (SSSR count). The number of allylic oxidation sites excluding steroid dienone is 2. The van der Waals surface area contributed by atoms with Gasteiger partial charge in [0.25, 0.3) is 0 Å². The topological polar surface area (TPSA) is 17.1 Å². The van der Waals surface area contributed by atoms with Crippen molar-refractivity contribution in [2.45, 2.75) is 57.7 Å². The van der Waals surface area contributed by atoms with Gasteiger partial charge in [0.2, 0.25) is 0 Å². The fourth-order valence-electron chi connectivity index (χ4n) is 3.82. The van der Waals surface area contributed by atoms with Crippen LogP contribution in [0.2, 0.25) is 18.6 Å². The molecule has 2 atom stereocenters. The summed E-state index contributed by atoms with van der Waals surface area (Å²) in [6.45, 7) is 6.89. The fourth-order valence-corrected chi connectivity index (χ4v) is 7.24. The van der Waals surface area contributed by atoms with E-state index in [0.717, 1.165) is 12.2 Å². The molecular weight excluding hydrogens is 284 g/mol. The number of carbonyl (C=O) groups excluding carboxylic acids is 1. The van der Waals surface area contributed by atoms with Gasteiger partial charge < -0.3 is 4.79 Å². The van der Waals surface area contributed by atoms with Gasteiger partial charge in [-0.05, 0) is 24.3 Å². The van der Waals surface area contributed by atoms with Crippen LogP contribution in [0, 0.1) is 11.8 Å². The summed E-state index contributed by atoms with van der Waals surface area (Å²) in [4.78, 5) is 11.5. The van der Waals surface area contributed by atoms with Crippen molar-refractivity contribution in [1.29, 1.82) is 0 Å². The van der Waals surface area contributed by atoms with Gasteiger partial charge in [0.15, 0.2) is 0 Å². The van der Waals surface area contributed by atoms with E-state index in [9.17, 15) is 4.79 Å². The lowest BCUT2D eigenvalue weighted by molar-refractivity contribution is -0.110. The predicted molar refractivity (Wildman–Crippen MR) is 98.3 cm³/mol. The molecule has 1 aromatic rings. The highest BCUT2D eigenvalue weighted by Crippen LogP contribution is 2.33. The first-order valence-electron chi connectivity index (χ1n) is 8.75. The lowest BCUT2D eigenvalue weighted by Gasteiger charge is -2.34. The molecule has 1 saturated carbocycles. The highest BCUT2D eigenvalue weighted by atomic mass is 28.3. The van der Waals surface area contributed by atoms with Gasteiger partial charge in [-0.1, -0.05) is 87.0 Å². The Hall–Kier alpha value is -1.15. The summed E-state index contributed by atoms with van der Waals surface area (Å²) in [6, 6.07) is 10.8. The highest BCUT2D eigenvalue weighted by molar-refractivity contribution is 6.91. The van der Waals surface area contributed by atoms with Crippen LogP contribution in [0.15, 0.2) is 42.5 Å². The van der Waals surface area contributed by atoms with Crippen molar-refractivity contribution in [3.63, 3.8) is 0 Å². The molecule has 0 amide bonds. The third kappa shape index (κ3) is 4.19. The second-order valence-corrected chi connectivity index (χ2v) is 12.1. The van der Waals surface area contributed by atoms with Gasteiger partial charge in [-0.25, -0.2) is 0 Å². The predicted octanol–water partition coefficient (Wildman–Crippen LogP) is 4.94. The molecule has 22 heavy (non-hydrogen) atoms. The maximum atomic E-state index is 11.5. The minimum absolute atomic E-state index is 0.0988. The van der Waals surface area contributed by atoms with E-state index in [1.807, 2.05) is 0 Å². The molecule has 0 saturated heterocycles. The number of rotatable bonds is 6. The van der Waals surface area contributed by atoms with Crippen LogP contribution in [0.4, 0.5) is 0 Å². The molecule has 0 unspecified atom stereocenters. The van der Waals surface area contributed by atoms with Crippen LogP contribution in [-0.4, -0.2) is 14.4 Å². The standard InChI is InChI=1S/C20H30OSi/c1-17(16-21)20(15-14-18-10-6-4-7-11-18)22(2,3)19-12-8-5-9-13-19/h5,8-9,12-18,20H,4,6-7,10-11H2,1-3H3/b15-14+/t17-,20-/m0/s1. The first-order valence-corrected chi connectivity index (χ1v) is 11.8. The van der Waals surface area contributed by atoms with Crippen LogP contribution in [0.3, 0.4) is 0 Å². The molecule has 0 aromatic heterocycles. The van der Waals surface area contributed by atoms with Crippen LogP contribution in [-0.2, 0) is 4.79 Å². The van der Waals surface area contributed by atoms with Crippen molar-refractivity contribution >= 4 is 19.5 Å². The van der Waals surface area contributed by atoms with Gasteiger partial charge in [-0.2, -0.15) is 0 Å². The molecule has 0 heterocycles. The lowest BCUT2D eigenvalue weighted by atomic mass is 9.88. The molecular formula is C20H30OSi. The second-order valence-electron chi connectivity index (χ2n) is 7.39. The van der Waals surface area contributed by atoms with Crippen LogP contribution in [0.25, 0.3) is 0 Å². The molecule has 0 radical (unpaired) electrons. The number of carbonyl (C=O) groups is 1. The summed E-state index contributed by atoms with van der Waals surface area (Å²) in [5.41, 5.74) is 0.384. The van der Waals surface area contributed by atoms with Crippen molar-refractivity contribution in [3.8, 4) is 0 Å². The average molecular weight is 315 g/mol. The average Bonchev–Trinajstić information content (AvgIpc) is 2.56. The second kappa shape index (κ2) is 7.91. The molecule has 120 valence electrons. The molecule has 0 spiro atoms. The van der Waals surface area contributed by atoms with Gasteiger partial charge in [-0.3, -0.25) is 0 Å². The first-order chi connectivity index (χ1) is 10.6. The molecule has 1 aromatic carbocycles. The van der Waals surface area contributed by atoms with Crippen LogP contribution in [0.5, 0.6) is 0 Å². The summed E-state index contributed by atoms with van der Waals surface area (Å²) >= 11 is 0. The monoisotopic (exact) mass is 314 g/mol. The number of hydrogen-bond acceptors (Lipinski definition) is 1. The van der Waals surface area contributed by atoms with Gasteiger partial charge in [0.05, 0.1) is 8.07 Å². The van der Waals surface area contributed by atoms with E-state index in [0.29, 0.717) is 5.54 Å². The molecule has 2 heteroatoms. The van der Waals surface area contributed by atoms with E-state index >= 15 is 0 Å². The van der Waals surface area contributed by atoms with E-state index in [1.165, 1.54) is 37.3 Å². The SMILES string of the molecule is C[C@@H](C=O)[C@H](/C=C/C1CCCCC1)[Si](C)(C)c1ccccc1. The summed E-state index contributed by atoms with van der Waals surface area (Å²) in [5.74, 6) is 0.831. The number of benzene rings is 1. The molecule has 0 N–H and O–H groups in total. The van der Waals surface area contributed by atoms with Crippen molar-refractivity contribution < 1.29 is 4.79 Å². The smallest absolute Gasteiger partial charge is 0.123 e. The van der Waals surface area contributed by atoms with Crippen LogP contribution >= 0.6 is 0 Å². The number of aldehydes is 1. The quantitative estimate of drug-likeness (QED) is 0.413. The summed E-state index contributed by atoms with van der Waals surface area (Å²) in [7, 11) is -1.70. The van der Waals surface area contributed by atoms with Crippen molar-refractivity contribution in [1.82, 2.24) is 0 Å². The summed E-state index contributed by atoms with van der Waals surface area (Å²) in [6.07, 6.45) is 12.7. The molecule has 1 nitrogen and oxygen atoms in total. The zero-order chi connectivity index (χ0) is 16.0. The normalized spacial score (nSPS) is 20.0. The minimum Gasteiger partial charge on any atom is -0.303 e. The highest BCUT2D eigenvalue weighted by Gasteiger charge is 2.35. The molecule has 1 aliphatic rings. The Labute approximate surface area is 136 Å². The van der Waals surface area contributed by atoms with Crippen LogP contribution in [0.1, 0.15) is 39.0 Å². The van der Waals surface area contributed by atoms with Crippen molar-refractivity contribution in [2.24, 2.45) is 11.8 Å². The van der Waals surface area contributed by atoms with Gasteiger partial charge >= 0.3 is 0 Å². The first kappa shape index (κ1) is 17.2. The molecule has 1 aliphatic carbocycles. The fraction of sp³-hybridized carbons (Fsp3) is 0.550. The van der Waals surface area contributed by atoms with E-state index in [4.69, 9.17) is 0 Å². The Balaban J connectivity index is 2.21. The van der Waals surface area contributed by atoms with Crippen molar-refractivity contribution in [2.75, 3.05) is 0 Å². The maximum Gasteiger partial charge on any atom is 0.123 e. The van der Waals surface area contributed by atoms with E-state index in [2.05, 4.69) is 62.5 Å². The van der Waals surface area contributed by atoms with E-state index in [1.54, 1.807) is 0 Å². The van der Waals surface area contributed by atoms with Gasteiger partial charge in [0, 0.05) is 5.92 Å². The van der Waals surface area contributed by atoms with Gasteiger partial charge in [-0.15, -0.1) is 0 Å². The molecule has 0 bridgehead atoms. The maximum absolute atomic E-state index is 11.5. The third-order valence-corrected chi connectivity index (χ3v) is 9.58. The number of hydrogen-bond donors (Lipinski definition) is 0. The van der Waals surface area contributed by atoms with Gasteiger partial charge in [0.1, 0.15) is 6.29 Å². The largest absolute Gasteiger partial charge is 0.303 e. The third-order valence-electron chi connectivity index (χ3n) is 5.37.